The fourth-order valence-corrected chi connectivity index (χ4v) is 3.82. The molecule has 1 aliphatic heterocycles. The normalized spacial score (nSPS) is 17.3. The molecule has 0 aliphatic carbocycles. The summed E-state index contributed by atoms with van der Waals surface area (Å²) in [7, 11) is 3.08. The first kappa shape index (κ1) is 19.3. The maximum atomic E-state index is 12.3. The average molecular weight is 381 g/mol. The Hall–Kier alpha value is -2.06. The topological polar surface area (TPSA) is 76.1 Å². The predicted molar refractivity (Wildman–Crippen MR) is 101 cm³/mol. The second kappa shape index (κ2) is 7.88. The minimum atomic E-state index is -1.07. The van der Waals surface area contributed by atoms with Crippen molar-refractivity contribution in [3.05, 3.63) is 28.7 Å². The fourth-order valence-electron chi connectivity index (χ4n) is 2.51. The van der Waals surface area contributed by atoms with Crippen molar-refractivity contribution in [3.63, 3.8) is 0 Å². The molecule has 6 nitrogen and oxygen atoms in total. The Morgan fingerprint density at radius 2 is 1.92 bits per heavy atom. The number of amides is 1. The van der Waals surface area contributed by atoms with E-state index in [1.807, 2.05) is 6.07 Å². The summed E-state index contributed by atoms with van der Waals surface area (Å²) < 4.78 is 10.5. The van der Waals surface area contributed by atoms with Crippen LogP contribution in [0, 0.1) is 5.92 Å². The van der Waals surface area contributed by atoms with Gasteiger partial charge < -0.3 is 14.6 Å². The van der Waals surface area contributed by atoms with Crippen LogP contribution < -0.4 is 9.47 Å². The lowest BCUT2D eigenvalue weighted by atomic mass is 10.0. The number of thiocarbonyl (C=S) groups is 1. The Kier molecular flexibility index (Phi) is 6.07. The van der Waals surface area contributed by atoms with Crippen LogP contribution in [0.5, 0.6) is 11.5 Å². The van der Waals surface area contributed by atoms with E-state index in [2.05, 4.69) is 0 Å². The smallest absolute Gasteiger partial charge is 0.327 e. The Labute approximate surface area is 155 Å². The molecule has 1 unspecified atom stereocenters. The predicted octanol–water partition coefficient (Wildman–Crippen LogP) is 3.65. The zero-order valence-corrected chi connectivity index (χ0v) is 15.9. The molecule has 0 radical (unpaired) electrons. The van der Waals surface area contributed by atoms with E-state index in [1.165, 1.54) is 12.0 Å². The maximum Gasteiger partial charge on any atom is 0.327 e. The largest absolute Gasteiger partial charge is 0.493 e. The van der Waals surface area contributed by atoms with Crippen molar-refractivity contribution in [1.82, 2.24) is 4.90 Å². The van der Waals surface area contributed by atoms with Crippen LogP contribution in [-0.4, -0.2) is 46.5 Å². The van der Waals surface area contributed by atoms with E-state index in [4.69, 9.17) is 21.7 Å². The van der Waals surface area contributed by atoms with Gasteiger partial charge in [-0.25, -0.2) is 4.79 Å². The minimum Gasteiger partial charge on any atom is -0.493 e. The average Bonchev–Trinajstić information content (AvgIpc) is 2.82. The molecular formula is C17H19NO5S2. The third-order valence-electron chi connectivity index (χ3n) is 3.69. The van der Waals surface area contributed by atoms with Crippen molar-refractivity contribution in [2.45, 2.75) is 19.9 Å². The summed E-state index contributed by atoms with van der Waals surface area (Å²) in [4.78, 5) is 25.8. The van der Waals surface area contributed by atoms with Crippen molar-refractivity contribution >= 4 is 46.3 Å². The highest BCUT2D eigenvalue weighted by Gasteiger charge is 2.41. The first-order chi connectivity index (χ1) is 11.8. The Morgan fingerprint density at radius 1 is 1.28 bits per heavy atom. The third-order valence-corrected chi connectivity index (χ3v) is 5.14. The molecule has 0 aromatic heterocycles. The molecular weight excluding hydrogens is 362 g/mol. The van der Waals surface area contributed by atoms with E-state index in [0.29, 0.717) is 16.4 Å². The summed E-state index contributed by atoms with van der Waals surface area (Å²) in [6, 6.07) is 4.34. The molecule has 8 heteroatoms. The van der Waals surface area contributed by atoms with Gasteiger partial charge in [0.15, 0.2) is 11.5 Å². The number of benzene rings is 1. The maximum absolute atomic E-state index is 12.3. The standard InChI is InChI=1S/C17H19NO5S2/c1-9(2)14(16(19)20)18-15(24)13(25-17(18)21)8-10-5-6-11(22-3)12(7-10)23-4/h5-9,14H,1-4H3,(H,19,20). The van der Waals surface area contributed by atoms with Gasteiger partial charge in [-0.15, -0.1) is 0 Å². The molecule has 0 spiro atoms. The van der Waals surface area contributed by atoms with Gasteiger partial charge in [-0.3, -0.25) is 9.69 Å². The van der Waals surface area contributed by atoms with Crippen LogP contribution in [0.3, 0.4) is 0 Å². The van der Waals surface area contributed by atoms with Crippen molar-refractivity contribution < 1.29 is 24.2 Å². The van der Waals surface area contributed by atoms with E-state index in [-0.39, 0.29) is 16.1 Å². The van der Waals surface area contributed by atoms with Crippen LogP contribution >= 0.6 is 24.0 Å². The monoisotopic (exact) mass is 381 g/mol. The third kappa shape index (κ3) is 3.96. The van der Waals surface area contributed by atoms with Gasteiger partial charge in [-0.05, 0) is 41.5 Å². The molecule has 1 aromatic rings. The van der Waals surface area contributed by atoms with Crippen molar-refractivity contribution in [2.75, 3.05) is 14.2 Å². The highest BCUT2D eigenvalue weighted by Crippen LogP contribution is 2.37. The highest BCUT2D eigenvalue weighted by molar-refractivity contribution is 8.19. The van der Waals surface area contributed by atoms with Crippen molar-refractivity contribution in [2.24, 2.45) is 5.92 Å². The van der Waals surface area contributed by atoms with E-state index in [9.17, 15) is 14.7 Å². The highest BCUT2D eigenvalue weighted by atomic mass is 32.2. The molecule has 25 heavy (non-hydrogen) atoms. The van der Waals surface area contributed by atoms with Gasteiger partial charge in [0, 0.05) is 0 Å². The van der Waals surface area contributed by atoms with Crippen molar-refractivity contribution in [1.29, 1.82) is 0 Å². The lowest BCUT2D eigenvalue weighted by molar-refractivity contribution is -0.142. The summed E-state index contributed by atoms with van der Waals surface area (Å²) in [6.45, 7) is 3.49. The van der Waals surface area contributed by atoms with Crippen LogP contribution in [0.4, 0.5) is 4.79 Å². The second-order valence-corrected chi connectivity index (χ2v) is 7.07. The summed E-state index contributed by atoms with van der Waals surface area (Å²) in [5, 5.41) is 9.05. The summed E-state index contributed by atoms with van der Waals surface area (Å²) in [6.07, 6.45) is 1.74. The quantitative estimate of drug-likeness (QED) is 0.595. The van der Waals surface area contributed by atoms with Gasteiger partial charge in [0.1, 0.15) is 11.0 Å². The fraction of sp³-hybridized carbons (Fsp3) is 0.353. The van der Waals surface area contributed by atoms with Crippen LogP contribution in [0.2, 0.25) is 0 Å². The van der Waals surface area contributed by atoms with Crippen LogP contribution in [0.25, 0.3) is 6.08 Å². The van der Waals surface area contributed by atoms with Gasteiger partial charge >= 0.3 is 5.97 Å². The number of carbonyl (C=O) groups is 2. The molecule has 1 heterocycles. The summed E-state index contributed by atoms with van der Waals surface area (Å²) in [5.74, 6) is -0.187. The van der Waals surface area contributed by atoms with E-state index >= 15 is 0 Å². The van der Waals surface area contributed by atoms with Gasteiger partial charge in [0.25, 0.3) is 5.24 Å². The van der Waals surface area contributed by atoms with Crippen molar-refractivity contribution in [3.8, 4) is 11.5 Å². The number of methoxy groups -OCH3 is 2. The van der Waals surface area contributed by atoms with Gasteiger partial charge in [0.05, 0.1) is 19.1 Å². The number of ether oxygens (including phenoxy) is 2. The lowest BCUT2D eigenvalue weighted by Gasteiger charge is -2.26. The zero-order chi connectivity index (χ0) is 18.7. The van der Waals surface area contributed by atoms with Crippen LogP contribution in [0.15, 0.2) is 23.1 Å². The van der Waals surface area contributed by atoms with E-state index in [0.717, 1.165) is 17.3 Å². The number of carboxylic acid groups (broad SMARTS) is 1. The molecule has 1 atom stereocenters. The van der Waals surface area contributed by atoms with Gasteiger partial charge in [0.2, 0.25) is 0 Å². The minimum absolute atomic E-state index is 0.228. The Bertz CT molecular complexity index is 745. The molecule has 1 amide bonds. The van der Waals surface area contributed by atoms with Gasteiger partial charge in [-0.2, -0.15) is 0 Å². The van der Waals surface area contributed by atoms with Gasteiger partial charge in [-0.1, -0.05) is 32.1 Å². The Balaban J connectivity index is 2.36. The first-order valence-corrected chi connectivity index (χ1v) is 8.74. The molecule has 134 valence electrons. The number of hydrogen-bond acceptors (Lipinski definition) is 6. The van der Waals surface area contributed by atoms with E-state index < -0.39 is 12.0 Å². The Morgan fingerprint density at radius 3 is 2.44 bits per heavy atom. The molecule has 0 saturated carbocycles. The first-order valence-electron chi connectivity index (χ1n) is 7.52. The number of aliphatic carboxylic acids is 1. The molecule has 0 bridgehead atoms. The SMILES string of the molecule is COc1ccc(C=C2SC(=O)N(C(C(=O)O)C(C)C)C2=S)cc1OC. The number of nitrogens with zero attached hydrogens (tertiary/aromatic N) is 1. The second-order valence-electron chi connectivity index (χ2n) is 5.69. The number of thioether (sulfide) groups is 1. The molecule has 1 saturated heterocycles. The number of hydrogen-bond donors (Lipinski definition) is 1. The number of carbonyl (C=O) groups excluding carboxylic acids is 1. The van der Waals surface area contributed by atoms with E-state index in [1.54, 1.807) is 39.2 Å². The summed E-state index contributed by atoms with van der Waals surface area (Å²) in [5.41, 5.74) is 0.772. The molecule has 2 rings (SSSR count). The molecule has 1 N–H and O–H groups in total. The zero-order valence-electron chi connectivity index (χ0n) is 14.3. The van der Waals surface area contributed by atoms with Crippen LogP contribution in [-0.2, 0) is 4.79 Å². The van der Waals surface area contributed by atoms with Crippen LogP contribution in [0.1, 0.15) is 19.4 Å². The molecule has 1 fully saturated rings. The number of rotatable bonds is 6. The summed E-state index contributed by atoms with van der Waals surface area (Å²) >= 11 is 6.29. The molecule has 1 aliphatic rings. The lowest BCUT2D eigenvalue weighted by Crippen LogP contribution is -2.46. The number of carboxylic acids is 1. The molecule has 1 aromatic carbocycles.